The minimum atomic E-state index is -0.984. The summed E-state index contributed by atoms with van der Waals surface area (Å²) in [5.41, 5.74) is -1.37. The Morgan fingerprint density at radius 3 is 2.11 bits per heavy atom. The van der Waals surface area contributed by atoms with E-state index in [-0.39, 0.29) is 18.1 Å². The van der Waals surface area contributed by atoms with Crippen molar-refractivity contribution in [1.29, 1.82) is 0 Å². The molecule has 0 aromatic carbocycles. The number of carbonyl (C=O) groups is 2. The third kappa shape index (κ3) is 6.00. The average molecular weight is 259 g/mol. The van der Waals surface area contributed by atoms with Gasteiger partial charge in [-0.05, 0) is 34.1 Å². The van der Waals surface area contributed by atoms with Gasteiger partial charge >= 0.3 is 5.97 Å². The first-order valence-corrected chi connectivity index (χ1v) is 6.18. The van der Waals surface area contributed by atoms with Gasteiger partial charge in [-0.2, -0.15) is 0 Å². The van der Waals surface area contributed by atoms with Gasteiger partial charge in [0.05, 0.1) is 12.7 Å². The zero-order valence-electron chi connectivity index (χ0n) is 12.3. The van der Waals surface area contributed by atoms with E-state index < -0.39 is 11.5 Å². The topological polar surface area (TPSA) is 64.6 Å². The molecule has 5 heteroatoms. The van der Waals surface area contributed by atoms with Crippen LogP contribution in [-0.4, -0.2) is 36.7 Å². The third-order valence-electron chi connectivity index (χ3n) is 2.44. The van der Waals surface area contributed by atoms with E-state index in [4.69, 9.17) is 9.47 Å². The predicted molar refractivity (Wildman–Crippen MR) is 69.2 cm³/mol. The van der Waals surface area contributed by atoms with Crippen molar-refractivity contribution in [1.82, 2.24) is 5.32 Å². The van der Waals surface area contributed by atoms with E-state index in [1.807, 2.05) is 27.7 Å². The lowest BCUT2D eigenvalue weighted by Gasteiger charge is -2.28. The highest BCUT2D eigenvalue weighted by molar-refractivity contribution is 5.88. The summed E-state index contributed by atoms with van der Waals surface area (Å²) in [6.07, 6.45) is 1.30. The van der Waals surface area contributed by atoms with Crippen LogP contribution in [0.2, 0.25) is 0 Å². The summed E-state index contributed by atoms with van der Waals surface area (Å²) < 4.78 is 10.1. The fourth-order valence-corrected chi connectivity index (χ4v) is 1.57. The van der Waals surface area contributed by atoms with Gasteiger partial charge < -0.3 is 14.8 Å². The molecule has 0 aliphatic rings. The van der Waals surface area contributed by atoms with Gasteiger partial charge in [0.15, 0.2) is 0 Å². The first-order chi connectivity index (χ1) is 8.14. The molecule has 1 N–H and O–H groups in total. The molecule has 0 aromatic rings. The summed E-state index contributed by atoms with van der Waals surface area (Å²) >= 11 is 0. The van der Waals surface area contributed by atoms with Gasteiger partial charge in [-0.1, -0.05) is 13.3 Å². The highest BCUT2D eigenvalue weighted by Crippen LogP contribution is 2.14. The Labute approximate surface area is 109 Å². The van der Waals surface area contributed by atoms with Gasteiger partial charge in [0, 0.05) is 0 Å². The standard InChI is InChI=1S/C13H25NO4/c1-7-8-13(5,11(16)17-6)14-10(15)9-18-12(2,3)4/h7-9H2,1-6H3,(H,14,15). The monoisotopic (exact) mass is 259 g/mol. The zero-order chi connectivity index (χ0) is 14.4. The van der Waals surface area contributed by atoms with Gasteiger partial charge in [-0.3, -0.25) is 4.79 Å². The molecule has 1 amide bonds. The quantitative estimate of drug-likeness (QED) is 0.737. The largest absolute Gasteiger partial charge is 0.467 e. The molecule has 1 unspecified atom stereocenters. The molecular weight excluding hydrogens is 234 g/mol. The van der Waals surface area contributed by atoms with Gasteiger partial charge in [0.2, 0.25) is 5.91 Å². The fraction of sp³-hybridized carbons (Fsp3) is 0.846. The summed E-state index contributed by atoms with van der Waals surface area (Å²) in [6, 6.07) is 0. The summed E-state index contributed by atoms with van der Waals surface area (Å²) in [5.74, 6) is -0.750. The molecule has 0 aromatic heterocycles. The minimum Gasteiger partial charge on any atom is -0.467 e. The van der Waals surface area contributed by atoms with Crippen molar-refractivity contribution in [2.75, 3.05) is 13.7 Å². The van der Waals surface area contributed by atoms with Crippen LogP contribution in [0.15, 0.2) is 0 Å². The van der Waals surface area contributed by atoms with Crippen LogP contribution in [0.1, 0.15) is 47.5 Å². The van der Waals surface area contributed by atoms with E-state index in [2.05, 4.69) is 5.32 Å². The lowest BCUT2D eigenvalue weighted by atomic mass is 9.96. The van der Waals surface area contributed by atoms with E-state index in [0.717, 1.165) is 6.42 Å². The molecule has 1 atom stereocenters. The maximum Gasteiger partial charge on any atom is 0.331 e. The van der Waals surface area contributed by atoms with Crippen LogP contribution >= 0.6 is 0 Å². The van der Waals surface area contributed by atoms with Gasteiger partial charge in [-0.25, -0.2) is 4.79 Å². The van der Waals surface area contributed by atoms with Crippen LogP contribution < -0.4 is 5.32 Å². The SMILES string of the molecule is CCCC(C)(NC(=O)COC(C)(C)C)C(=O)OC. The van der Waals surface area contributed by atoms with E-state index in [1.54, 1.807) is 6.92 Å². The summed E-state index contributed by atoms with van der Waals surface area (Å²) in [6.45, 7) is 9.14. The Bertz CT molecular complexity index is 296. The van der Waals surface area contributed by atoms with Crippen molar-refractivity contribution < 1.29 is 19.1 Å². The van der Waals surface area contributed by atoms with Gasteiger partial charge in [-0.15, -0.1) is 0 Å². The molecular formula is C13H25NO4. The molecule has 5 nitrogen and oxygen atoms in total. The number of hydrogen-bond acceptors (Lipinski definition) is 4. The molecule has 106 valence electrons. The Kier molecular flexibility index (Phi) is 6.32. The molecule has 0 aliphatic carbocycles. The summed E-state index contributed by atoms with van der Waals surface area (Å²) in [7, 11) is 1.31. The molecule has 0 saturated carbocycles. The molecule has 0 saturated heterocycles. The lowest BCUT2D eigenvalue weighted by molar-refractivity contribution is -0.151. The highest BCUT2D eigenvalue weighted by atomic mass is 16.5. The van der Waals surface area contributed by atoms with Crippen LogP contribution in [0.3, 0.4) is 0 Å². The molecule has 0 rings (SSSR count). The number of nitrogens with one attached hydrogen (secondary N) is 1. The molecule has 0 fully saturated rings. The smallest absolute Gasteiger partial charge is 0.331 e. The highest BCUT2D eigenvalue weighted by Gasteiger charge is 2.35. The van der Waals surface area contributed by atoms with Crippen molar-refractivity contribution in [2.45, 2.75) is 58.6 Å². The number of ether oxygens (including phenoxy) is 2. The summed E-state index contributed by atoms with van der Waals surface area (Å²) in [5, 5.41) is 2.68. The van der Waals surface area contributed by atoms with Crippen LogP contribution in [0, 0.1) is 0 Å². The van der Waals surface area contributed by atoms with E-state index in [0.29, 0.717) is 6.42 Å². The van der Waals surface area contributed by atoms with E-state index >= 15 is 0 Å². The predicted octanol–water partition coefficient (Wildman–Crippen LogP) is 1.65. The van der Waals surface area contributed by atoms with Crippen LogP contribution in [0.25, 0.3) is 0 Å². The Morgan fingerprint density at radius 2 is 1.72 bits per heavy atom. The molecule has 0 radical (unpaired) electrons. The van der Waals surface area contributed by atoms with Gasteiger partial charge in [0.25, 0.3) is 0 Å². The van der Waals surface area contributed by atoms with Gasteiger partial charge in [0.1, 0.15) is 12.1 Å². The molecule has 0 aliphatic heterocycles. The first-order valence-electron chi connectivity index (χ1n) is 6.18. The second kappa shape index (κ2) is 6.73. The van der Waals surface area contributed by atoms with Crippen molar-refractivity contribution in [3.8, 4) is 0 Å². The zero-order valence-corrected chi connectivity index (χ0v) is 12.3. The molecule has 18 heavy (non-hydrogen) atoms. The van der Waals surface area contributed by atoms with Crippen molar-refractivity contribution >= 4 is 11.9 Å². The van der Waals surface area contributed by atoms with E-state index in [9.17, 15) is 9.59 Å². The molecule has 0 heterocycles. The number of carbonyl (C=O) groups excluding carboxylic acids is 2. The summed E-state index contributed by atoms with van der Waals surface area (Å²) in [4.78, 5) is 23.4. The van der Waals surface area contributed by atoms with Crippen LogP contribution in [0.4, 0.5) is 0 Å². The fourth-order valence-electron chi connectivity index (χ4n) is 1.57. The second-order valence-corrected chi connectivity index (χ2v) is 5.52. The Hall–Kier alpha value is -1.10. The average Bonchev–Trinajstić information content (AvgIpc) is 2.24. The van der Waals surface area contributed by atoms with Crippen molar-refractivity contribution in [3.63, 3.8) is 0 Å². The first kappa shape index (κ1) is 16.9. The maximum absolute atomic E-state index is 11.8. The Morgan fingerprint density at radius 1 is 1.17 bits per heavy atom. The van der Waals surface area contributed by atoms with Crippen molar-refractivity contribution in [3.05, 3.63) is 0 Å². The third-order valence-corrected chi connectivity index (χ3v) is 2.44. The normalized spacial score (nSPS) is 14.8. The molecule has 0 bridgehead atoms. The Balaban J connectivity index is 4.50. The van der Waals surface area contributed by atoms with Crippen LogP contribution in [-0.2, 0) is 19.1 Å². The second-order valence-electron chi connectivity index (χ2n) is 5.52. The molecule has 0 spiro atoms. The number of amides is 1. The number of esters is 1. The lowest BCUT2D eigenvalue weighted by Crippen LogP contribution is -2.54. The van der Waals surface area contributed by atoms with Crippen LogP contribution in [0.5, 0.6) is 0 Å². The maximum atomic E-state index is 11.8. The number of methoxy groups -OCH3 is 1. The van der Waals surface area contributed by atoms with E-state index in [1.165, 1.54) is 7.11 Å². The number of hydrogen-bond donors (Lipinski definition) is 1. The number of rotatable bonds is 6. The minimum absolute atomic E-state index is 0.0696. The van der Waals surface area contributed by atoms with Crippen molar-refractivity contribution in [2.24, 2.45) is 0 Å².